The first-order chi connectivity index (χ1) is 9.38. The van der Waals surface area contributed by atoms with Crippen LogP contribution in [0.3, 0.4) is 0 Å². The first kappa shape index (κ1) is 14.6. The van der Waals surface area contributed by atoms with E-state index in [1.54, 1.807) is 0 Å². The van der Waals surface area contributed by atoms with Crippen LogP contribution in [0.4, 0.5) is 0 Å². The fraction of sp³-hybridized carbons (Fsp3) is 0.750. The minimum atomic E-state index is 0.608. The number of hydrogen-bond acceptors (Lipinski definition) is 3. The third-order valence-corrected chi connectivity index (χ3v) is 3.52. The summed E-state index contributed by atoms with van der Waals surface area (Å²) in [5.41, 5.74) is 1.23. The molecule has 1 fully saturated rings. The van der Waals surface area contributed by atoms with Crippen molar-refractivity contribution in [1.29, 1.82) is 0 Å². The van der Waals surface area contributed by atoms with Crippen LogP contribution in [0, 0.1) is 0 Å². The highest BCUT2D eigenvalue weighted by Gasteiger charge is 2.20. The molecule has 1 aliphatic carbocycles. The van der Waals surface area contributed by atoms with Crippen LogP contribution < -0.4 is 5.32 Å². The van der Waals surface area contributed by atoms with E-state index < -0.39 is 0 Å². The maximum absolute atomic E-state index is 5.64. The van der Waals surface area contributed by atoms with Gasteiger partial charge in [0.25, 0.3) is 0 Å². The highest BCUT2D eigenvalue weighted by Crippen LogP contribution is 2.19. The first-order valence-electron chi connectivity index (χ1n) is 7.76. The van der Waals surface area contributed by atoms with E-state index in [0.29, 0.717) is 6.61 Å². The molecular formula is C16H27NO2. The smallest absolute Gasteiger partial charge is 0.129 e. The molecule has 0 atom stereocenters. The van der Waals surface area contributed by atoms with Crippen molar-refractivity contribution in [3.8, 4) is 0 Å². The van der Waals surface area contributed by atoms with Gasteiger partial charge in [-0.1, -0.05) is 32.6 Å². The summed E-state index contributed by atoms with van der Waals surface area (Å²) in [6.07, 6.45) is 10.9. The van der Waals surface area contributed by atoms with Crippen LogP contribution in [0.2, 0.25) is 0 Å². The van der Waals surface area contributed by atoms with Gasteiger partial charge >= 0.3 is 0 Å². The zero-order valence-electron chi connectivity index (χ0n) is 12.1. The van der Waals surface area contributed by atoms with E-state index in [9.17, 15) is 0 Å². The summed E-state index contributed by atoms with van der Waals surface area (Å²) in [5.74, 6) is 0.946. The average Bonchev–Trinajstić information content (AvgIpc) is 3.15. The summed E-state index contributed by atoms with van der Waals surface area (Å²) in [6.45, 7) is 4.62. The number of ether oxygens (including phenoxy) is 1. The number of hydrogen-bond donors (Lipinski definition) is 1. The largest absolute Gasteiger partial charge is 0.467 e. The van der Waals surface area contributed by atoms with Gasteiger partial charge in [-0.2, -0.15) is 0 Å². The Morgan fingerprint density at radius 2 is 2.11 bits per heavy atom. The Morgan fingerprint density at radius 3 is 2.89 bits per heavy atom. The second-order valence-electron chi connectivity index (χ2n) is 5.54. The molecule has 2 rings (SSSR count). The molecule has 0 spiro atoms. The van der Waals surface area contributed by atoms with Crippen molar-refractivity contribution >= 4 is 0 Å². The molecule has 3 nitrogen and oxygen atoms in total. The van der Waals surface area contributed by atoms with E-state index in [0.717, 1.165) is 31.4 Å². The number of rotatable bonds is 11. The fourth-order valence-electron chi connectivity index (χ4n) is 2.12. The molecule has 1 N–H and O–H groups in total. The molecule has 108 valence electrons. The van der Waals surface area contributed by atoms with Crippen LogP contribution >= 0.6 is 0 Å². The summed E-state index contributed by atoms with van der Waals surface area (Å²) in [4.78, 5) is 0. The molecule has 1 aromatic rings. The van der Waals surface area contributed by atoms with Gasteiger partial charge in [0.05, 0.1) is 6.26 Å². The summed E-state index contributed by atoms with van der Waals surface area (Å²) in [7, 11) is 0. The topological polar surface area (TPSA) is 34.4 Å². The van der Waals surface area contributed by atoms with Crippen LogP contribution in [0.15, 0.2) is 16.7 Å². The quantitative estimate of drug-likeness (QED) is 0.614. The normalized spacial score (nSPS) is 15.0. The van der Waals surface area contributed by atoms with E-state index >= 15 is 0 Å². The third-order valence-electron chi connectivity index (χ3n) is 3.52. The Balaban J connectivity index is 1.50. The second-order valence-corrected chi connectivity index (χ2v) is 5.54. The molecule has 19 heavy (non-hydrogen) atoms. The van der Waals surface area contributed by atoms with Crippen molar-refractivity contribution in [2.24, 2.45) is 0 Å². The Kier molecular flexibility index (Phi) is 6.45. The summed E-state index contributed by atoms with van der Waals surface area (Å²) >= 11 is 0. The molecule has 1 aromatic heterocycles. The summed E-state index contributed by atoms with van der Waals surface area (Å²) in [5, 5.41) is 3.48. The average molecular weight is 265 g/mol. The van der Waals surface area contributed by atoms with E-state index in [1.807, 2.05) is 6.26 Å². The molecule has 3 heteroatoms. The molecular weight excluding hydrogens is 238 g/mol. The Labute approximate surface area is 116 Å². The van der Waals surface area contributed by atoms with Crippen LogP contribution in [0.25, 0.3) is 0 Å². The fourth-order valence-corrected chi connectivity index (χ4v) is 2.12. The SMILES string of the molecule is CCCCCCCOCc1cc(CNC2CC2)co1. The first-order valence-corrected chi connectivity index (χ1v) is 7.76. The Hall–Kier alpha value is -0.800. The predicted octanol–water partition coefficient (Wildman–Crippen LogP) is 4.02. The molecule has 0 aromatic carbocycles. The lowest BCUT2D eigenvalue weighted by Crippen LogP contribution is -2.14. The lowest BCUT2D eigenvalue weighted by Gasteiger charge is -2.01. The molecule has 0 bridgehead atoms. The summed E-state index contributed by atoms with van der Waals surface area (Å²) < 4.78 is 11.1. The van der Waals surface area contributed by atoms with Crippen LogP contribution in [-0.4, -0.2) is 12.6 Å². The highest BCUT2D eigenvalue weighted by molar-refractivity contribution is 5.12. The minimum Gasteiger partial charge on any atom is -0.467 e. The van der Waals surface area contributed by atoms with Crippen molar-refractivity contribution < 1.29 is 9.15 Å². The Morgan fingerprint density at radius 1 is 1.26 bits per heavy atom. The van der Waals surface area contributed by atoms with Crippen LogP contribution in [0.5, 0.6) is 0 Å². The molecule has 0 aliphatic heterocycles. The molecule has 0 radical (unpaired) electrons. The van der Waals surface area contributed by atoms with Gasteiger partial charge in [-0.25, -0.2) is 0 Å². The predicted molar refractivity (Wildman–Crippen MR) is 77.0 cm³/mol. The van der Waals surface area contributed by atoms with Gasteiger partial charge in [0.15, 0.2) is 0 Å². The number of nitrogens with one attached hydrogen (secondary N) is 1. The van der Waals surface area contributed by atoms with E-state index in [2.05, 4.69) is 18.3 Å². The van der Waals surface area contributed by atoms with Crippen molar-refractivity contribution in [3.63, 3.8) is 0 Å². The standard InChI is InChI=1S/C16H27NO2/c1-2-3-4-5-6-9-18-13-16-10-14(12-19-16)11-17-15-7-8-15/h10,12,15,17H,2-9,11,13H2,1H3. The number of unbranched alkanes of at least 4 members (excludes halogenated alkanes) is 4. The number of furan rings is 1. The maximum Gasteiger partial charge on any atom is 0.129 e. The molecule has 0 amide bonds. The zero-order chi connectivity index (χ0) is 13.3. The van der Waals surface area contributed by atoms with Gasteiger partial charge in [-0.3, -0.25) is 0 Å². The molecule has 1 heterocycles. The second kappa shape index (κ2) is 8.39. The van der Waals surface area contributed by atoms with Crippen molar-refractivity contribution in [2.45, 2.75) is 71.1 Å². The van der Waals surface area contributed by atoms with Crippen molar-refractivity contribution in [3.05, 3.63) is 23.7 Å². The van der Waals surface area contributed by atoms with Gasteiger partial charge in [-0.15, -0.1) is 0 Å². The van der Waals surface area contributed by atoms with Gasteiger partial charge in [-0.05, 0) is 25.3 Å². The molecule has 1 saturated carbocycles. The van der Waals surface area contributed by atoms with Gasteiger partial charge in [0, 0.05) is 24.8 Å². The third kappa shape index (κ3) is 6.26. The van der Waals surface area contributed by atoms with Crippen molar-refractivity contribution in [2.75, 3.05) is 6.61 Å². The monoisotopic (exact) mass is 265 g/mol. The Bertz CT molecular complexity index is 344. The van der Waals surface area contributed by atoms with E-state index in [4.69, 9.17) is 9.15 Å². The molecule has 0 saturated heterocycles. The van der Waals surface area contributed by atoms with Crippen molar-refractivity contribution in [1.82, 2.24) is 5.32 Å². The van der Waals surface area contributed by atoms with E-state index in [-0.39, 0.29) is 0 Å². The lowest BCUT2D eigenvalue weighted by molar-refractivity contribution is 0.102. The van der Waals surface area contributed by atoms with E-state index in [1.165, 1.54) is 44.1 Å². The highest BCUT2D eigenvalue weighted by atomic mass is 16.5. The minimum absolute atomic E-state index is 0.608. The summed E-state index contributed by atoms with van der Waals surface area (Å²) in [6, 6.07) is 2.85. The van der Waals surface area contributed by atoms with Gasteiger partial charge in [0.1, 0.15) is 12.4 Å². The van der Waals surface area contributed by atoms with Gasteiger partial charge < -0.3 is 14.5 Å². The zero-order valence-corrected chi connectivity index (χ0v) is 12.1. The lowest BCUT2D eigenvalue weighted by atomic mass is 10.2. The molecule has 0 unspecified atom stereocenters. The maximum atomic E-state index is 5.64. The molecule has 1 aliphatic rings. The van der Waals surface area contributed by atoms with Crippen LogP contribution in [-0.2, 0) is 17.9 Å². The van der Waals surface area contributed by atoms with Crippen LogP contribution in [0.1, 0.15) is 63.2 Å². The van der Waals surface area contributed by atoms with Gasteiger partial charge in [0.2, 0.25) is 0 Å².